The van der Waals surface area contributed by atoms with Crippen LogP contribution in [0.25, 0.3) is 70.7 Å². The Morgan fingerprint density at radius 3 is 2.21 bits per heavy atom. The van der Waals surface area contributed by atoms with Gasteiger partial charge in [0.25, 0.3) is 0 Å². The number of hydrogen-bond acceptors (Lipinski definition) is 3. The number of para-hydroxylation sites is 2. The van der Waals surface area contributed by atoms with E-state index < -0.39 is 26.0 Å². The molecule has 0 aliphatic carbocycles. The van der Waals surface area contributed by atoms with Crippen molar-refractivity contribution in [1.82, 2.24) is 14.5 Å². The molecule has 3 heterocycles. The summed E-state index contributed by atoms with van der Waals surface area (Å²) in [7, 11) is 0. The van der Waals surface area contributed by atoms with Gasteiger partial charge in [-0.15, -0.1) is 18.2 Å². The molecule has 1 radical (unpaired) electrons. The van der Waals surface area contributed by atoms with Crippen LogP contribution in [0.2, 0.25) is 17.3 Å². The summed E-state index contributed by atoms with van der Waals surface area (Å²) in [5.74, 6) is 7.12. The zero-order chi connectivity index (χ0) is 42.6. The normalized spacial score (nSPS) is 13.0. The first kappa shape index (κ1) is 35.5. The molecule has 6 aromatic carbocycles. The number of rotatable bonds is 6. The minimum Gasteiger partial charge on any atom is 0 e. The van der Waals surface area contributed by atoms with Crippen LogP contribution in [0.1, 0.15) is 47.5 Å². The van der Waals surface area contributed by atoms with E-state index in [0.717, 1.165) is 39.2 Å². The van der Waals surface area contributed by atoms with Gasteiger partial charge in [-0.2, -0.15) is 11.3 Å². The molecule has 287 valence electrons. The van der Waals surface area contributed by atoms with Gasteiger partial charge in [-0.1, -0.05) is 71.6 Å². The van der Waals surface area contributed by atoms with Gasteiger partial charge in [-0.25, -0.2) is 0 Å². The quantitative estimate of drug-likeness (QED) is 0.123. The van der Waals surface area contributed by atoms with Crippen LogP contribution in [0.15, 0.2) is 134 Å². The minimum atomic E-state index is -2.14. The maximum atomic E-state index is 8.49. The predicted octanol–water partition coefficient (Wildman–Crippen LogP) is 13.7. The van der Waals surface area contributed by atoms with E-state index in [-0.39, 0.29) is 25.7 Å². The molecule has 0 fully saturated rings. The smallest absolute Gasteiger partial charge is 0 e. The van der Waals surface area contributed by atoms with Gasteiger partial charge in [0.05, 0.1) is 16.9 Å². The second kappa shape index (κ2) is 16.7. The van der Waals surface area contributed by atoms with Crippen LogP contribution < -0.4 is 4.40 Å². The maximum absolute atomic E-state index is 8.49. The number of benzene rings is 6. The maximum Gasteiger partial charge on any atom is 0 e. The fourth-order valence-electron chi connectivity index (χ4n) is 7.58. The van der Waals surface area contributed by atoms with Crippen molar-refractivity contribution in [3.63, 3.8) is 0 Å². The Bertz CT molecular complexity index is 2990. The average molecular weight is 1000 g/mol. The topological polar surface area (TPSA) is 30.7 Å². The summed E-state index contributed by atoms with van der Waals surface area (Å²) in [6.07, 6.45) is 1.91. The Morgan fingerprint density at radius 2 is 1.51 bits per heavy atom. The van der Waals surface area contributed by atoms with Gasteiger partial charge in [-0.3, -0.25) is 4.98 Å². The van der Waals surface area contributed by atoms with Crippen molar-refractivity contribution < 1.29 is 25.6 Å². The molecule has 6 heteroatoms. The third-order valence-electron chi connectivity index (χ3n) is 10.3. The molecular weight excluding hydrogens is 951 g/mol. The van der Waals surface area contributed by atoms with Gasteiger partial charge in [0.15, 0.2) is 0 Å². The zero-order valence-electron chi connectivity index (χ0n) is 37.3. The van der Waals surface area contributed by atoms with E-state index in [0.29, 0.717) is 0 Å². The van der Waals surface area contributed by atoms with E-state index in [1.54, 1.807) is 12.1 Å². The first-order chi connectivity index (χ1) is 28.5. The summed E-state index contributed by atoms with van der Waals surface area (Å²) >= 11 is -0.320. The first-order valence-corrected chi connectivity index (χ1v) is 27.2. The van der Waals surface area contributed by atoms with Gasteiger partial charge >= 0.3 is 131 Å². The first-order valence-electron chi connectivity index (χ1n) is 21.0. The summed E-state index contributed by atoms with van der Waals surface area (Å²) in [6.45, 7) is 6.07. The molecule has 9 aromatic rings. The summed E-state index contributed by atoms with van der Waals surface area (Å²) in [5.41, 5.74) is 12.0. The summed E-state index contributed by atoms with van der Waals surface area (Å²) < 4.78 is 36.9. The third kappa shape index (κ3) is 8.09. The van der Waals surface area contributed by atoms with Crippen LogP contribution >= 0.6 is 11.3 Å². The number of nitrogens with zero attached hydrogens (tertiary/aromatic N) is 3. The molecule has 3 nitrogen and oxygen atoms in total. The second-order valence-electron chi connectivity index (χ2n) is 15.6. The van der Waals surface area contributed by atoms with Gasteiger partial charge in [0.2, 0.25) is 0 Å². The van der Waals surface area contributed by atoms with Crippen LogP contribution in [-0.4, -0.2) is 27.8 Å². The van der Waals surface area contributed by atoms with Crippen LogP contribution in [0, 0.1) is 32.8 Å². The molecule has 3 aromatic heterocycles. The van der Waals surface area contributed by atoms with Crippen molar-refractivity contribution in [2.75, 3.05) is 0 Å². The molecule has 0 N–H and O–H groups in total. The SMILES string of the molecule is Cc1cc(-c2ccccc2)cc(C)c1-n1c(-c2[c-]ccc3c2sc2ccccc23)nc2ccccc21.[2H]C([2H])([2H])c1c[c-]c(-c2cc(C([2H])(C)C)[c]([Ge]([CH3])([CH3])[CH3])cn2)cc1.[Ir]. The van der Waals surface area contributed by atoms with Crippen LogP contribution in [-0.2, 0) is 20.1 Å². The fourth-order valence-corrected chi connectivity index (χ4v) is 12.1. The predicted molar refractivity (Wildman–Crippen MR) is 243 cm³/mol. The number of aromatic nitrogens is 3. The van der Waals surface area contributed by atoms with Gasteiger partial charge in [0, 0.05) is 30.5 Å². The molecule has 0 saturated carbocycles. The van der Waals surface area contributed by atoms with Crippen LogP contribution in [0.3, 0.4) is 0 Å². The second-order valence-corrected chi connectivity index (χ2v) is 27.3. The Balaban J connectivity index is 0.000000197. The van der Waals surface area contributed by atoms with Gasteiger partial charge in [-0.05, 0) is 76.5 Å². The van der Waals surface area contributed by atoms with Crippen molar-refractivity contribution in [2.45, 2.75) is 57.7 Å². The van der Waals surface area contributed by atoms with Gasteiger partial charge < -0.3 is 4.57 Å². The van der Waals surface area contributed by atoms with Crippen molar-refractivity contribution in [3.8, 4) is 39.5 Å². The molecule has 0 saturated heterocycles. The van der Waals surface area contributed by atoms with Crippen molar-refractivity contribution in [2.24, 2.45) is 0 Å². The number of imidazole rings is 1. The number of thiophene rings is 1. The number of fused-ring (bicyclic) bond motifs is 4. The zero-order valence-corrected chi connectivity index (χ0v) is 38.6. The largest absolute Gasteiger partial charge is 0 e. The van der Waals surface area contributed by atoms with E-state index in [2.05, 4.69) is 150 Å². The molecular formula is C51H47GeIrN3S-2. The Kier molecular flexibility index (Phi) is 10.4. The van der Waals surface area contributed by atoms with E-state index in [9.17, 15) is 0 Å². The monoisotopic (exact) mass is 1000 g/mol. The van der Waals surface area contributed by atoms with Crippen LogP contribution in [0.5, 0.6) is 0 Å². The van der Waals surface area contributed by atoms with Gasteiger partial charge in [0.1, 0.15) is 0 Å². The molecule has 0 aliphatic rings. The Hall–Kier alpha value is -4.65. The van der Waals surface area contributed by atoms with Crippen LogP contribution in [0.4, 0.5) is 0 Å². The van der Waals surface area contributed by atoms with Crippen molar-refractivity contribution >= 4 is 60.2 Å². The summed E-state index contributed by atoms with van der Waals surface area (Å²) in [4.78, 5) is 9.75. The Morgan fingerprint density at radius 1 is 0.789 bits per heavy atom. The van der Waals surface area contributed by atoms with Crippen molar-refractivity contribution in [1.29, 1.82) is 0 Å². The van der Waals surface area contributed by atoms with E-state index in [1.807, 2.05) is 43.5 Å². The number of hydrogen-bond donors (Lipinski definition) is 0. The molecule has 0 aliphatic heterocycles. The Labute approximate surface area is 363 Å². The standard InChI is InChI=1S/C33H23N2S.C18H24GeN.Ir/c1-21-19-24(23-11-4-3-5-12-23)20-22(2)31(21)35-29-17-8-7-16-28(29)34-33(35)27-15-10-14-26-25-13-6-9-18-30(25)36-32(26)27;1-13(2)16-11-18(15-9-7-14(3)8-10-15)20-12-17(16)19(4,5)6;/h3-14,16-20H,1-2H3;7-9,11-13H,1-6H3;/q2*-1;/i;3D3,13D;. The van der Waals surface area contributed by atoms with E-state index in [4.69, 9.17) is 10.5 Å². The molecule has 0 unspecified atom stereocenters. The molecule has 9 rings (SSSR count). The average Bonchev–Trinajstić information content (AvgIpc) is 3.79. The third-order valence-corrected chi connectivity index (χ3v) is 15.7. The number of pyridine rings is 1. The fraction of sp³-hybridized carbons (Fsp3) is 0.176. The minimum absolute atomic E-state index is 0. The van der Waals surface area contributed by atoms with E-state index >= 15 is 0 Å². The summed E-state index contributed by atoms with van der Waals surface area (Å²) in [5, 5.41) is 2.55. The molecule has 0 spiro atoms. The molecule has 0 atom stereocenters. The number of aryl methyl sites for hydroxylation is 3. The van der Waals surface area contributed by atoms with E-state index in [1.165, 1.54) is 58.6 Å². The van der Waals surface area contributed by atoms with Crippen molar-refractivity contribution in [3.05, 3.63) is 168 Å². The molecule has 0 amide bonds. The molecule has 0 bridgehead atoms. The molecule has 57 heavy (non-hydrogen) atoms. The summed E-state index contributed by atoms with van der Waals surface area (Å²) in [6, 6.07) is 49.8.